The van der Waals surface area contributed by atoms with Crippen LogP contribution in [0, 0.1) is 0 Å². The number of benzene rings is 1. The van der Waals surface area contributed by atoms with Gasteiger partial charge in [-0.15, -0.1) is 0 Å². The van der Waals surface area contributed by atoms with Gasteiger partial charge in [0.15, 0.2) is 5.69 Å². The third-order valence-corrected chi connectivity index (χ3v) is 4.09. The lowest BCUT2D eigenvalue weighted by Crippen LogP contribution is -2.27. The van der Waals surface area contributed by atoms with E-state index in [2.05, 4.69) is 10.5 Å². The van der Waals surface area contributed by atoms with E-state index in [0.29, 0.717) is 21.7 Å². The topological polar surface area (TPSA) is 55.1 Å². The summed E-state index contributed by atoms with van der Waals surface area (Å²) >= 11 is 12.1. The van der Waals surface area contributed by atoms with E-state index < -0.39 is 0 Å². The van der Waals surface area contributed by atoms with Crippen LogP contribution < -0.4 is 5.32 Å². The number of carbonyl (C=O) groups excluding carboxylic acids is 1. The van der Waals surface area contributed by atoms with Gasteiger partial charge in [0.1, 0.15) is 5.76 Å². The molecule has 0 bridgehead atoms. The van der Waals surface area contributed by atoms with Crippen molar-refractivity contribution in [1.29, 1.82) is 0 Å². The van der Waals surface area contributed by atoms with Crippen LogP contribution >= 0.6 is 23.2 Å². The highest BCUT2D eigenvalue weighted by Gasteiger charge is 2.29. The van der Waals surface area contributed by atoms with Crippen molar-refractivity contribution in [2.45, 2.75) is 31.7 Å². The summed E-state index contributed by atoms with van der Waals surface area (Å²) in [6.07, 6.45) is 2.20. The molecule has 2 aromatic rings. The number of rotatable bonds is 4. The zero-order valence-electron chi connectivity index (χ0n) is 11.4. The molecular formula is C15H14Cl2N2O2. The van der Waals surface area contributed by atoms with Crippen LogP contribution in [0.25, 0.3) is 0 Å². The molecule has 6 heteroatoms. The first kappa shape index (κ1) is 14.4. The second-order valence-corrected chi connectivity index (χ2v) is 6.09. The number of nitrogens with one attached hydrogen (secondary N) is 1. The number of carbonyl (C=O) groups is 1. The summed E-state index contributed by atoms with van der Waals surface area (Å²) in [5, 5.41) is 7.80. The highest BCUT2D eigenvalue weighted by atomic mass is 35.5. The summed E-state index contributed by atoms with van der Waals surface area (Å²) in [5.41, 5.74) is 1.06. The van der Waals surface area contributed by atoms with Crippen LogP contribution in [-0.2, 0) is 0 Å². The van der Waals surface area contributed by atoms with E-state index >= 15 is 0 Å². The predicted molar refractivity (Wildman–Crippen MR) is 80.8 cm³/mol. The highest BCUT2D eigenvalue weighted by molar-refractivity contribution is 6.33. The van der Waals surface area contributed by atoms with Gasteiger partial charge in [-0.3, -0.25) is 4.79 Å². The molecule has 1 aliphatic rings. The maximum Gasteiger partial charge on any atom is 0.273 e. The first-order valence-corrected chi connectivity index (χ1v) is 7.52. The third kappa shape index (κ3) is 3.22. The van der Waals surface area contributed by atoms with Gasteiger partial charge in [-0.05, 0) is 43.5 Å². The average Bonchev–Trinajstić information content (AvgIpc) is 3.18. The fraction of sp³-hybridized carbons (Fsp3) is 0.333. The van der Waals surface area contributed by atoms with E-state index in [4.69, 9.17) is 27.7 Å². The molecule has 1 aliphatic carbocycles. The minimum absolute atomic E-state index is 0.273. The minimum atomic E-state index is -0.283. The predicted octanol–water partition coefficient (Wildman–Crippen LogP) is 4.35. The average molecular weight is 325 g/mol. The Hall–Kier alpha value is -1.52. The molecule has 21 heavy (non-hydrogen) atoms. The van der Waals surface area contributed by atoms with Crippen LogP contribution in [0.3, 0.4) is 0 Å². The van der Waals surface area contributed by atoms with Crippen molar-refractivity contribution in [2.24, 2.45) is 0 Å². The van der Waals surface area contributed by atoms with Crippen LogP contribution in [0.5, 0.6) is 0 Å². The van der Waals surface area contributed by atoms with Gasteiger partial charge < -0.3 is 9.84 Å². The van der Waals surface area contributed by atoms with Gasteiger partial charge >= 0.3 is 0 Å². The van der Waals surface area contributed by atoms with E-state index in [1.165, 1.54) is 0 Å². The van der Waals surface area contributed by atoms with Crippen LogP contribution in [0.4, 0.5) is 0 Å². The Morgan fingerprint density at radius 3 is 2.86 bits per heavy atom. The van der Waals surface area contributed by atoms with E-state index in [9.17, 15) is 4.79 Å². The number of halogens is 2. The van der Waals surface area contributed by atoms with Crippen molar-refractivity contribution in [2.75, 3.05) is 0 Å². The van der Waals surface area contributed by atoms with E-state index in [-0.39, 0.29) is 11.9 Å². The summed E-state index contributed by atoms with van der Waals surface area (Å²) < 4.78 is 5.18. The smallest absolute Gasteiger partial charge is 0.273 e. The Morgan fingerprint density at radius 1 is 1.38 bits per heavy atom. The number of amides is 1. The second kappa shape index (κ2) is 5.70. The molecule has 1 N–H and O–H groups in total. The lowest BCUT2D eigenvalue weighted by molar-refractivity contribution is 0.0930. The van der Waals surface area contributed by atoms with E-state index in [0.717, 1.165) is 24.2 Å². The quantitative estimate of drug-likeness (QED) is 0.909. The van der Waals surface area contributed by atoms with Crippen molar-refractivity contribution in [3.05, 3.63) is 51.3 Å². The lowest BCUT2D eigenvalue weighted by Gasteiger charge is -2.15. The van der Waals surface area contributed by atoms with Gasteiger partial charge in [-0.25, -0.2) is 0 Å². The molecule has 0 unspecified atom stereocenters. The first-order chi connectivity index (χ1) is 10.0. The van der Waals surface area contributed by atoms with Crippen molar-refractivity contribution >= 4 is 29.1 Å². The van der Waals surface area contributed by atoms with Crippen molar-refractivity contribution in [1.82, 2.24) is 10.5 Å². The standard InChI is InChI=1S/C15H14Cl2N2O2/c1-8(11-6-10(16)4-5-12(11)17)18-15(20)13-7-14(21-19-13)9-2-3-9/h4-9H,2-3H2,1H3,(H,18,20)/t8-/m0/s1. The molecule has 1 atom stereocenters. The molecule has 0 spiro atoms. The number of hydrogen-bond donors (Lipinski definition) is 1. The van der Waals surface area contributed by atoms with Gasteiger partial charge in [0.05, 0.1) is 6.04 Å². The molecule has 4 nitrogen and oxygen atoms in total. The van der Waals surface area contributed by atoms with E-state index in [1.54, 1.807) is 24.3 Å². The molecule has 1 aromatic carbocycles. The Labute approximate surface area is 132 Å². The summed E-state index contributed by atoms with van der Waals surface area (Å²) in [5.74, 6) is 0.932. The second-order valence-electron chi connectivity index (χ2n) is 5.25. The molecule has 0 saturated heterocycles. The van der Waals surface area contributed by atoms with Crippen LogP contribution in [0.15, 0.2) is 28.8 Å². The van der Waals surface area contributed by atoms with Gasteiger partial charge in [0, 0.05) is 22.0 Å². The minimum Gasteiger partial charge on any atom is -0.360 e. The van der Waals surface area contributed by atoms with Crippen LogP contribution in [-0.4, -0.2) is 11.1 Å². The van der Waals surface area contributed by atoms with Crippen LogP contribution in [0.2, 0.25) is 10.0 Å². The molecule has 1 aromatic heterocycles. The lowest BCUT2D eigenvalue weighted by atomic mass is 10.1. The number of nitrogens with zero attached hydrogens (tertiary/aromatic N) is 1. The molecule has 1 amide bonds. The molecule has 0 aliphatic heterocycles. The Balaban J connectivity index is 1.72. The molecule has 110 valence electrons. The van der Waals surface area contributed by atoms with Crippen LogP contribution in [0.1, 0.15) is 53.5 Å². The summed E-state index contributed by atoms with van der Waals surface area (Å²) in [7, 11) is 0. The van der Waals surface area contributed by atoms with Crippen molar-refractivity contribution in [3.8, 4) is 0 Å². The zero-order chi connectivity index (χ0) is 15.0. The van der Waals surface area contributed by atoms with E-state index in [1.807, 2.05) is 6.92 Å². The number of hydrogen-bond acceptors (Lipinski definition) is 3. The molecule has 3 rings (SSSR count). The Kier molecular flexibility index (Phi) is 3.91. The summed E-state index contributed by atoms with van der Waals surface area (Å²) in [6, 6.07) is 6.60. The Bertz CT molecular complexity index is 680. The maximum atomic E-state index is 12.2. The first-order valence-electron chi connectivity index (χ1n) is 6.77. The van der Waals surface area contributed by atoms with Gasteiger partial charge in [0.2, 0.25) is 0 Å². The fourth-order valence-corrected chi connectivity index (χ4v) is 2.61. The third-order valence-electron chi connectivity index (χ3n) is 3.51. The molecule has 0 radical (unpaired) electrons. The molecule has 1 heterocycles. The maximum absolute atomic E-state index is 12.2. The Morgan fingerprint density at radius 2 is 2.14 bits per heavy atom. The van der Waals surface area contributed by atoms with Crippen molar-refractivity contribution in [3.63, 3.8) is 0 Å². The van der Waals surface area contributed by atoms with Crippen molar-refractivity contribution < 1.29 is 9.32 Å². The molecular weight excluding hydrogens is 311 g/mol. The SMILES string of the molecule is C[C@H](NC(=O)c1cc(C2CC2)on1)c1cc(Cl)ccc1Cl. The summed E-state index contributed by atoms with van der Waals surface area (Å²) in [6.45, 7) is 1.84. The number of aromatic nitrogens is 1. The van der Waals surface area contributed by atoms with Gasteiger partial charge in [-0.1, -0.05) is 28.4 Å². The fourth-order valence-electron chi connectivity index (χ4n) is 2.15. The normalized spacial score (nSPS) is 15.8. The largest absolute Gasteiger partial charge is 0.360 e. The highest BCUT2D eigenvalue weighted by Crippen LogP contribution is 2.40. The molecule has 1 saturated carbocycles. The zero-order valence-corrected chi connectivity index (χ0v) is 12.9. The van der Waals surface area contributed by atoms with Gasteiger partial charge in [-0.2, -0.15) is 0 Å². The summed E-state index contributed by atoms with van der Waals surface area (Å²) in [4.78, 5) is 12.2. The molecule has 1 fully saturated rings. The monoisotopic (exact) mass is 324 g/mol. The van der Waals surface area contributed by atoms with Gasteiger partial charge in [0.25, 0.3) is 5.91 Å².